The van der Waals surface area contributed by atoms with Crippen LogP contribution in [-0.4, -0.2) is 33.8 Å². The van der Waals surface area contributed by atoms with E-state index in [0.717, 1.165) is 5.56 Å². The Kier molecular flexibility index (Phi) is 6.61. The van der Waals surface area contributed by atoms with Crippen molar-refractivity contribution in [2.75, 3.05) is 7.11 Å². The van der Waals surface area contributed by atoms with Crippen LogP contribution in [0.25, 0.3) is 5.76 Å². The van der Waals surface area contributed by atoms with Gasteiger partial charge in [-0.05, 0) is 41.5 Å². The molecule has 1 N–H and O–H groups in total. The summed E-state index contributed by atoms with van der Waals surface area (Å²) in [7, 11) is 1.41. The van der Waals surface area contributed by atoms with Crippen LogP contribution in [0.2, 0.25) is 15.1 Å². The molecule has 0 aliphatic carbocycles. The summed E-state index contributed by atoms with van der Waals surface area (Å²) in [6.07, 6.45) is 3.23. The fourth-order valence-electron chi connectivity index (χ4n) is 3.77. The summed E-state index contributed by atoms with van der Waals surface area (Å²) in [6.45, 7) is 0.118. The number of carbonyl (C=O) groups is 2. The Balaban J connectivity index is 1.88. The number of carbonyl (C=O) groups excluding carboxylic acids is 2. The van der Waals surface area contributed by atoms with Crippen molar-refractivity contribution in [2.24, 2.45) is 0 Å². The molecule has 2 aromatic carbocycles. The monoisotopic (exact) mass is 502 g/mol. The van der Waals surface area contributed by atoms with Crippen molar-refractivity contribution in [3.8, 4) is 5.75 Å². The van der Waals surface area contributed by atoms with Crippen molar-refractivity contribution in [2.45, 2.75) is 12.6 Å². The molecule has 4 rings (SSSR count). The second-order valence-electron chi connectivity index (χ2n) is 7.31. The molecule has 1 unspecified atom stereocenters. The fraction of sp³-hybridized carbons (Fsp3) is 0.125. The van der Waals surface area contributed by atoms with Crippen LogP contribution in [-0.2, 0) is 16.1 Å². The Morgan fingerprint density at radius 1 is 1.09 bits per heavy atom. The third-order valence-electron chi connectivity index (χ3n) is 5.28. The van der Waals surface area contributed by atoms with Crippen LogP contribution in [0.4, 0.5) is 0 Å². The van der Waals surface area contributed by atoms with Crippen molar-refractivity contribution in [3.63, 3.8) is 0 Å². The van der Waals surface area contributed by atoms with E-state index in [-0.39, 0.29) is 33.5 Å². The second kappa shape index (κ2) is 9.43. The van der Waals surface area contributed by atoms with Crippen LogP contribution in [0.15, 0.2) is 66.5 Å². The number of Topliss-reactive ketones (excluding diaryl/α,β-unsaturated/α-hetero) is 1. The third-order valence-corrected chi connectivity index (χ3v) is 6.09. The smallest absolute Gasteiger partial charge is 0.295 e. The molecule has 1 aliphatic rings. The van der Waals surface area contributed by atoms with Gasteiger partial charge in [0.2, 0.25) is 0 Å². The number of pyridine rings is 1. The lowest BCUT2D eigenvalue weighted by molar-refractivity contribution is -0.140. The normalized spacial score (nSPS) is 17.5. The maximum Gasteiger partial charge on any atom is 0.295 e. The van der Waals surface area contributed by atoms with Gasteiger partial charge in [-0.1, -0.05) is 53.0 Å². The molecule has 0 saturated carbocycles. The minimum absolute atomic E-state index is 0.0801. The van der Waals surface area contributed by atoms with Crippen LogP contribution in [0.1, 0.15) is 22.7 Å². The summed E-state index contributed by atoms with van der Waals surface area (Å²) in [4.78, 5) is 31.6. The molecule has 1 amide bonds. The van der Waals surface area contributed by atoms with Gasteiger partial charge in [0, 0.05) is 29.5 Å². The van der Waals surface area contributed by atoms with Gasteiger partial charge in [-0.15, -0.1) is 0 Å². The van der Waals surface area contributed by atoms with E-state index in [4.69, 9.17) is 39.5 Å². The number of aromatic nitrogens is 1. The van der Waals surface area contributed by atoms with E-state index in [1.54, 1.807) is 48.8 Å². The molecular weight excluding hydrogens is 487 g/mol. The SMILES string of the molecule is COc1c(Cl)cc(/C(O)=C2\C(=O)C(=O)N(Cc3cccnc3)C2c2ccc(Cl)cc2)cc1Cl. The topological polar surface area (TPSA) is 79.7 Å². The molecular formula is C24H17Cl3N2O4. The van der Waals surface area contributed by atoms with Crippen LogP contribution in [0.5, 0.6) is 5.75 Å². The Bertz CT molecular complexity index is 1240. The number of amides is 1. The quantitative estimate of drug-likeness (QED) is 0.276. The average molecular weight is 504 g/mol. The number of nitrogens with zero attached hydrogens (tertiary/aromatic N) is 2. The van der Waals surface area contributed by atoms with Crippen molar-refractivity contribution in [1.82, 2.24) is 9.88 Å². The molecule has 2 heterocycles. The van der Waals surface area contributed by atoms with Gasteiger partial charge in [0.15, 0.2) is 5.75 Å². The fourth-order valence-corrected chi connectivity index (χ4v) is 4.54. The number of ketones is 1. The van der Waals surface area contributed by atoms with Crippen molar-refractivity contribution < 1.29 is 19.4 Å². The lowest BCUT2D eigenvalue weighted by atomic mass is 9.95. The summed E-state index contributed by atoms with van der Waals surface area (Å²) in [5.41, 5.74) is 1.44. The van der Waals surface area contributed by atoms with Gasteiger partial charge in [0.1, 0.15) is 5.76 Å². The maximum atomic E-state index is 13.1. The minimum Gasteiger partial charge on any atom is -0.507 e. The molecule has 1 saturated heterocycles. The number of likely N-dealkylation sites (tertiary alicyclic amines) is 1. The van der Waals surface area contributed by atoms with E-state index >= 15 is 0 Å². The Hall–Kier alpha value is -3.06. The highest BCUT2D eigenvalue weighted by Crippen LogP contribution is 2.42. The van der Waals surface area contributed by atoms with E-state index in [2.05, 4.69) is 4.98 Å². The summed E-state index contributed by atoms with van der Waals surface area (Å²) in [6, 6.07) is 12.3. The zero-order valence-corrected chi connectivity index (χ0v) is 19.5. The van der Waals surface area contributed by atoms with E-state index in [1.165, 1.54) is 24.1 Å². The average Bonchev–Trinajstić information content (AvgIpc) is 3.04. The maximum absolute atomic E-state index is 13.1. The van der Waals surface area contributed by atoms with Crippen LogP contribution < -0.4 is 4.74 Å². The number of aliphatic hydroxyl groups is 1. The number of hydrogen-bond donors (Lipinski definition) is 1. The molecule has 3 aromatic rings. The molecule has 1 aromatic heterocycles. The summed E-state index contributed by atoms with van der Waals surface area (Å²) < 4.78 is 5.15. The highest BCUT2D eigenvalue weighted by Gasteiger charge is 2.46. The first-order chi connectivity index (χ1) is 15.8. The predicted octanol–water partition coefficient (Wildman–Crippen LogP) is 5.67. The van der Waals surface area contributed by atoms with E-state index in [9.17, 15) is 14.7 Å². The number of aliphatic hydroxyl groups excluding tert-OH is 1. The summed E-state index contributed by atoms with van der Waals surface area (Å²) in [5.74, 6) is -1.72. The van der Waals surface area contributed by atoms with Gasteiger partial charge in [0.25, 0.3) is 11.7 Å². The van der Waals surface area contributed by atoms with Gasteiger partial charge in [-0.3, -0.25) is 14.6 Å². The Morgan fingerprint density at radius 2 is 1.76 bits per heavy atom. The standard InChI is InChI=1S/C24H17Cl3N2O4/c1-33-23-17(26)9-15(10-18(23)27)21(30)19-20(14-4-6-16(25)7-5-14)29(24(32)22(19)31)12-13-3-2-8-28-11-13/h2-11,20,30H,12H2,1H3/b21-19+. The molecule has 9 heteroatoms. The lowest BCUT2D eigenvalue weighted by Crippen LogP contribution is -2.29. The summed E-state index contributed by atoms with van der Waals surface area (Å²) in [5, 5.41) is 12.0. The van der Waals surface area contributed by atoms with Crippen molar-refractivity contribution in [1.29, 1.82) is 0 Å². The first kappa shape index (κ1) is 23.1. The molecule has 0 spiro atoms. The highest BCUT2D eigenvalue weighted by molar-refractivity contribution is 6.46. The number of halogens is 3. The van der Waals surface area contributed by atoms with Crippen LogP contribution in [0, 0.1) is 0 Å². The second-order valence-corrected chi connectivity index (χ2v) is 8.56. The zero-order valence-electron chi connectivity index (χ0n) is 17.3. The zero-order chi connectivity index (χ0) is 23.7. The summed E-state index contributed by atoms with van der Waals surface area (Å²) >= 11 is 18.5. The first-order valence-corrected chi connectivity index (χ1v) is 10.9. The largest absolute Gasteiger partial charge is 0.507 e. The molecule has 6 nitrogen and oxygen atoms in total. The number of rotatable bonds is 5. The van der Waals surface area contributed by atoms with Crippen LogP contribution >= 0.6 is 34.8 Å². The molecule has 1 fully saturated rings. The van der Waals surface area contributed by atoms with Gasteiger partial charge < -0.3 is 14.7 Å². The molecule has 0 radical (unpaired) electrons. The Morgan fingerprint density at radius 3 is 2.33 bits per heavy atom. The predicted molar refractivity (Wildman–Crippen MR) is 127 cm³/mol. The van der Waals surface area contributed by atoms with Gasteiger partial charge >= 0.3 is 0 Å². The van der Waals surface area contributed by atoms with Gasteiger partial charge in [-0.25, -0.2) is 0 Å². The molecule has 1 aliphatic heterocycles. The van der Waals surface area contributed by atoms with E-state index in [0.29, 0.717) is 10.6 Å². The minimum atomic E-state index is -0.859. The van der Waals surface area contributed by atoms with Crippen molar-refractivity contribution >= 4 is 52.3 Å². The highest BCUT2D eigenvalue weighted by atomic mass is 35.5. The molecule has 0 bridgehead atoms. The lowest BCUT2D eigenvalue weighted by Gasteiger charge is -2.25. The van der Waals surface area contributed by atoms with E-state index in [1.807, 2.05) is 0 Å². The Labute approximate surface area is 205 Å². The molecule has 1 atom stereocenters. The number of methoxy groups -OCH3 is 1. The molecule has 168 valence electrons. The van der Waals surface area contributed by atoms with E-state index < -0.39 is 23.5 Å². The third kappa shape index (κ3) is 4.42. The van der Waals surface area contributed by atoms with Gasteiger partial charge in [0.05, 0.1) is 28.8 Å². The van der Waals surface area contributed by atoms with Crippen LogP contribution in [0.3, 0.4) is 0 Å². The first-order valence-electron chi connectivity index (χ1n) is 9.78. The van der Waals surface area contributed by atoms with Gasteiger partial charge in [-0.2, -0.15) is 0 Å². The van der Waals surface area contributed by atoms with Crippen molar-refractivity contribution in [3.05, 3.63) is 98.3 Å². The number of benzene rings is 2. The molecule has 33 heavy (non-hydrogen) atoms. The number of ether oxygens (including phenoxy) is 1. The number of hydrogen-bond acceptors (Lipinski definition) is 5.